The van der Waals surface area contributed by atoms with Crippen molar-refractivity contribution in [2.24, 2.45) is 0 Å². The van der Waals surface area contributed by atoms with Crippen LogP contribution >= 0.6 is 11.6 Å². The number of hydrogen-bond donors (Lipinski definition) is 2. The molecule has 1 aromatic heterocycles. The van der Waals surface area contributed by atoms with Gasteiger partial charge < -0.3 is 15.0 Å². The molecule has 0 radical (unpaired) electrons. The molecule has 0 unspecified atom stereocenters. The molecule has 0 atom stereocenters. The second-order valence-electron chi connectivity index (χ2n) is 4.23. The van der Waals surface area contributed by atoms with Crippen LogP contribution in [-0.4, -0.2) is 30.2 Å². The van der Waals surface area contributed by atoms with Crippen LogP contribution in [-0.2, 0) is 11.3 Å². The van der Waals surface area contributed by atoms with Crippen LogP contribution in [0, 0.1) is 0 Å². The SMILES string of the molecule is COCCNCc1cc(=O)[nH]c(-c2ccccc2Cl)n1. The lowest BCUT2D eigenvalue weighted by atomic mass is 10.2. The molecule has 0 saturated carbocycles. The zero-order chi connectivity index (χ0) is 14.4. The van der Waals surface area contributed by atoms with Crippen molar-refractivity contribution in [1.29, 1.82) is 0 Å². The van der Waals surface area contributed by atoms with Crippen LogP contribution in [0.1, 0.15) is 5.69 Å². The Kier molecular flexibility index (Phi) is 5.29. The van der Waals surface area contributed by atoms with E-state index in [0.29, 0.717) is 41.8 Å². The summed E-state index contributed by atoms with van der Waals surface area (Å²) in [4.78, 5) is 18.8. The third-order valence-electron chi connectivity index (χ3n) is 2.71. The Bertz CT molecular complexity index is 628. The zero-order valence-corrected chi connectivity index (χ0v) is 11.9. The summed E-state index contributed by atoms with van der Waals surface area (Å²) in [5.41, 5.74) is 1.18. The number of benzene rings is 1. The predicted octanol–water partition coefficient (Wildman–Crippen LogP) is 1.83. The smallest absolute Gasteiger partial charge is 0.251 e. The fraction of sp³-hybridized carbons (Fsp3) is 0.286. The molecule has 0 spiro atoms. The van der Waals surface area contributed by atoms with Crippen molar-refractivity contribution in [2.45, 2.75) is 6.54 Å². The second kappa shape index (κ2) is 7.19. The molecule has 106 valence electrons. The van der Waals surface area contributed by atoms with E-state index in [-0.39, 0.29) is 5.56 Å². The maximum atomic E-state index is 11.7. The van der Waals surface area contributed by atoms with Gasteiger partial charge in [-0.1, -0.05) is 23.7 Å². The maximum Gasteiger partial charge on any atom is 0.251 e. The number of aromatic nitrogens is 2. The molecular weight excluding hydrogens is 278 g/mol. The van der Waals surface area contributed by atoms with Crippen molar-refractivity contribution in [3.63, 3.8) is 0 Å². The number of aromatic amines is 1. The van der Waals surface area contributed by atoms with Crippen LogP contribution in [0.15, 0.2) is 35.1 Å². The number of nitrogens with zero attached hydrogens (tertiary/aromatic N) is 1. The van der Waals surface area contributed by atoms with Crippen molar-refractivity contribution in [3.05, 3.63) is 51.4 Å². The molecule has 1 heterocycles. The van der Waals surface area contributed by atoms with Crippen LogP contribution in [0.2, 0.25) is 5.02 Å². The first-order valence-electron chi connectivity index (χ1n) is 6.25. The van der Waals surface area contributed by atoms with E-state index in [1.165, 1.54) is 6.07 Å². The minimum atomic E-state index is -0.196. The molecule has 0 fully saturated rings. The molecule has 20 heavy (non-hydrogen) atoms. The number of halogens is 1. The fourth-order valence-corrected chi connectivity index (χ4v) is 2.00. The molecule has 0 aliphatic heterocycles. The first-order valence-corrected chi connectivity index (χ1v) is 6.63. The summed E-state index contributed by atoms with van der Waals surface area (Å²) in [6.07, 6.45) is 0. The third-order valence-corrected chi connectivity index (χ3v) is 3.04. The van der Waals surface area contributed by atoms with Crippen molar-refractivity contribution in [1.82, 2.24) is 15.3 Å². The Labute approximate surface area is 122 Å². The third kappa shape index (κ3) is 3.90. The number of ether oxygens (including phenoxy) is 1. The van der Waals surface area contributed by atoms with E-state index >= 15 is 0 Å². The van der Waals surface area contributed by atoms with Crippen LogP contribution in [0.3, 0.4) is 0 Å². The van der Waals surface area contributed by atoms with Gasteiger partial charge in [-0.25, -0.2) is 4.98 Å². The van der Waals surface area contributed by atoms with Gasteiger partial charge in [0.2, 0.25) is 0 Å². The minimum absolute atomic E-state index is 0.196. The van der Waals surface area contributed by atoms with Gasteiger partial charge >= 0.3 is 0 Å². The summed E-state index contributed by atoms with van der Waals surface area (Å²) < 4.78 is 4.94. The Morgan fingerprint density at radius 2 is 2.20 bits per heavy atom. The van der Waals surface area contributed by atoms with Crippen LogP contribution < -0.4 is 10.9 Å². The Morgan fingerprint density at radius 1 is 1.40 bits per heavy atom. The van der Waals surface area contributed by atoms with E-state index < -0.39 is 0 Å². The van der Waals surface area contributed by atoms with Crippen molar-refractivity contribution in [2.75, 3.05) is 20.3 Å². The minimum Gasteiger partial charge on any atom is -0.383 e. The van der Waals surface area contributed by atoms with E-state index in [9.17, 15) is 4.79 Å². The second-order valence-corrected chi connectivity index (χ2v) is 4.64. The van der Waals surface area contributed by atoms with Gasteiger partial charge in [0.05, 0.1) is 17.3 Å². The molecule has 0 saturated heterocycles. The van der Waals surface area contributed by atoms with Gasteiger partial charge in [0.1, 0.15) is 5.82 Å². The molecule has 0 amide bonds. The number of methoxy groups -OCH3 is 1. The van der Waals surface area contributed by atoms with Gasteiger partial charge in [0, 0.05) is 31.8 Å². The highest BCUT2D eigenvalue weighted by Crippen LogP contribution is 2.23. The standard InChI is InChI=1S/C14H16ClN3O2/c1-20-7-6-16-9-10-8-13(19)18-14(17-10)11-4-2-3-5-12(11)15/h2-5,8,16H,6-7,9H2,1H3,(H,17,18,19). The topological polar surface area (TPSA) is 67.0 Å². The molecule has 0 aliphatic rings. The molecule has 2 rings (SSSR count). The molecule has 2 N–H and O–H groups in total. The molecule has 1 aromatic carbocycles. The predicted molar refractivity (Wildman–Crippen MR) is 78.9 cm³/mol. The number of hydrogen-bond acceptors (Lipinski definition) is 4. The fourth-order valence-electron chi connectivity index (χ4n) is 1.77. The summed E-state index contributed by atoms with van der Waals surface area (Å²) in [5, 5.41) is 3.71. The Hall–Kier alpha value is -1.69. The summed E-state index contributed by atoms with van der Waals surface area (Å²) in [5.74, 6) is 0.478. The highest BCUT2D eigenvalue weighted by molar-refractivity contribution is 6.33. The summed E-state index contributed by atoms with van der Waals surface area (Å²) in [7, 11) is 1.64. The molecule has 6 heteroatoms. The van der Waals surface area contributed by atoms with E-state index in [0.717, 1.165) is 0 Å². The highest BCUT2D eigenvalue weighted by Gasteiger charge is 2.07. The lowest BCUT2D eigenvalue weighted by Gasteiger charge is -2.07. The van der Waals surface area contributed by atoms with Gasteiger partial charge in [0.15, 0.2) is 0 Å². The normalized spacial score (nSPS) is 10.7. The average molecular weight is 294 g/mol. The molecule has 0 bridgehead atoms. The first kappa shape index (κ1) is 14.7. The maximum absolute atomic E-state index is 11.7. The average Bonchev–Trinajstić information content (AvgIpc) is 2.43. The first-order chi connectivity index (χ1) is 9.70. The Morgan fingerprint density at radius 3 is 2.95 bits per heavy atom. The summed E-state index contributed by atoms with van der Waals surface area (Å²) in [6.45, 7) is 1.82. The number of rotatable bonds is 6. The van der Waals surface area contributed by atoms with Gasteiger partial charge in [0.25, 0.3) is 5.56 Å². The quantitative estimate of drug-likeness (QED) is 0.798. The van der Waals surface area contributed by atoms with E-state index in [1.54, 1.807) is 13.2 Å². The molecule has 0 aliphatic carbocycles. The van der Waals surface area contributed by atoms with Gasteiger partial charge in [-0.3, -0.25) is 4.79 Å². The monoisotopic (exact) mass is 293 g/mol. The van der Waals surface area contributed by atoms with Crippen LogP contribution in [0.5, 0.6) is 0 Å². The lowest BCUT2D eigenvalue weighted by Crippen LogP contribution is -2.21. The van der Waals surface area contributed by atoms with Gasteiger partial charge in [-0.05, 0) is 12.1 Å². The highest BCUT2D eigenvalue weighted by atomic mass is 35.5. The summed E-state index contributed by atoms with van der Waals surface area (Å²) >= 11 is 6.11. The van der Waals surface area contributed by atoms with Crippen LogP contribution in [0.25, 0.3) is 11.4 Å². The van der Waals surface area contributed by atoms with Crippen molar-refractivity contribution in [3.8, 4) is 11.4 Å². The zero-order valence-electron chi connectivity index (χ0n) is 11.1. The van der Waals surface area contributed by atoms with Gasteiger partial charge in [-0.15, -0.1) is 0 Å². The van der Waals surface area contributed by atoms with Crippen molar-refractivity contribution >= 4 is 11.6 Å². The van der Waals surface area contributed by atoms with Gasteiger partial charge in [-0.2, -0.15) is 0 Å². The molecular formula is C14H16ClN3O2. The molecule has 5 nitrogen and oxygen atoms in total. The van der Waals surface area contributed by atoms with E-state index in [1.807, 2.05) is 18.2 Å². The van der Waals surface area contributed by atoms with E-state index in [4.69, 9.17) is 16.3 Å². The largest absolute Gasteiger partial charge is 0.383 e. The van der Waals surface area contributed by atoms with Crippen LogP contribution in [0.4, 0.5) is 0 Å². The lowest BCUT2D eigenvalue weighted by molar-refractivity contribution is 0.199. The van der Waals surface area contributed by atoms with E-state index in [2.05, 4.69) is 15.3 Å². The summed E-state index contributed by atoms with van der Waals surface area (Å²) in [6, 6.07) is 8.74. The number of H-pyrrole nitrogens is 1. The molecule has 2 aromatic rings. The van der Waals surface area contributed by atoms with Crippen molar-refractivity contribution < 1.29 is 4.74 Å². The number of nitrogens with one attached hydrogen (secondary N) is 2. The Balaban J connectivity index is 2.21.